The van der Waals surface area contributed by atoms with Crippen LogP contribution < -0.4 is 21.1 Å². The number of amides is 1. The van der Waals surface area contributed by atoms with Crippen LogP contribution in [0.25, 0.3) is 10.2 Å². The van der Waals surface area contributed by atoms with Gasteiger partial charge in [-0.15, -0.1) is 11.3 Å². The number of anilines is 2. The molecular weight excluding hydrogens is 464 g/mol. The molecule has 0 unspecified atom stereocenters. The summed E-state index contributed by atoms with van der Waals surface area (Å²) in [6, 6.07) is 11.2. The van der Waals surface area contributed by atoms with Crippen LogP contribution in [-0.4, -0.2) is 47.4 Å². The molecule has 0 radical (unpaired) electrons. The van der Waals surface area contributed by atoms with Gasteiger partial charge in [-0.25, -0.2) is 9.78 Å². The summed E-state index contributed by atoms with van der Waals surface area (Å²) < 4.78 is 7.63. The maximum atomic E-state index is 13.6. The third-order valence-electron chi connectivity index (χ3n) is 5.75. The van der Waals surface area contributed by atoms with Crippen LogP contribution in [0.3, 0.4) is 0 Å². The van der Waals surface area contributed by atoms with Crippen molar-refractivity contribution in [2.45, 2.75) is 51.8 Å². The number of rotatable bonds is 5. The molecule has 0 bridgehead atoms. The quantitative estimate of drug-likeness (QED) is 0.553. The number of carbonyl (C=O) groups is 1. The Kier molecular flexibility index (Phi) is 6.98. The molecule has 184 valence electrons. The number of alkyl carbamates (subject to hydrolysis) is 1. The molecule has 2 N–H and O–H groups in total. The van der Waals surface area contributed by atoms with Crippen LogP contribution in [0.4, 0.5) is 15.7 Å². The van der Waals surface area contributed by atoms with E-state index in [1.807, 2.05) is 57.0 Å². The van der Waals surface area contributed by atoms with Gasteiger partial charge in [-0.05, 0) is 51.3 Å². The van der Waals surface area contributed by atoms with Crippen molar-refractivity contribution in [1.82, 2.24) is 14.9 Å². The van der Waals surface area contributed by atoms with E-state index >= 15 is 0 Å². The van der Waals surface area contributed by atoms with Gasteiger partial charge < -0.3 is 20.3 Å². The van der Waals surface area contributed by atoms with Gasteiger partial charge in [-0.1, -0.05) is 18.2 Å². The number of hydrogen-bond donors (Lipinski definition) is 2. The molecule has 1 fully saturated rings. The van der Waals surface area contributed by atoms with Crippen molar-refractivity contribution in [3.8, 4) is 6.07 Å². The maximum absolute atomic E-state index is 13.6. The Morgan fingerprint density at radius 3 is 2.83 bits per heavy atom. The topological polar surface area (TPSA) is 112 Å². The van der Waals surface area contributed by atoms with Crippen LogP contribution in [0.2, 0.25) is 0 Å². The van der Waals surface area contributed by atoms with E-state index in [9.17, 15) is 14.9 Å². The first-order valence-electron chi connectivity index (χ1n) is 11.6. The predicted molar refractivity (Wildman–Crippen MR) is 138 cm³/mol. The zero-order valence-corrected chi connectivity index (χ0v) is 21.2. The van der Waals surface area contributed by atoms with E-state index in [1.54, 1.807) is 10.6 Å². The second-order valence-electron chi connectivity index (χ2n) is 9.58. The van der Waals surface area contributed by atoms with E-state index < -0.39 is 11.7 Å². The second-order valence-corrected chi connectivity index (χ2v) is 10.6. The van der Waals surface area contributed by atoms with Gasteiger partial charge in [-0.3, -0.25) is 9.36 Å². The molecule has 0 spiro atoms. The number of aromatic nitrogens is 2. The van der Waals surface area contributed by atoms with Crippen LogP contribution in [0, 0.1) is 11.3 Å². The average Bonchev–Trinajstić information content (AvgIpc) is 3.23. The Balaban J connectivity index is 1.71. The van der Waals surface area contributed by atoms with Crippen LogP contribution >= 0.6 is 11.3 Å². The lowest BCUT2D eigenvalue weighted by Crippen LogP contribution is -2.50. The summed E-state index contributed by atoms with van der Waals surface area (Å²) in [6.07, 6.45) is 1.18. The Morgan fingerprint density at radius 1 is 1.34 bits per heavy atom. The van der Waals surface area contributed by atoms with Crippen molar-refractivity contribution in [3.63, 3.8) is 0 Å². The summed E-state index contributed by atoms with van der Waals surface area (Å²) in [7, 11) is 1.81. The molecule has 1 aliphatic heterocycles. The summed E-state index contributed by atoms with van der Waals surface area (Å²) >= 11 is 1.36. The molecule has 2 aromatic heterocycles. The maximum Gasteiger partial charge on any atom is 0.407 e. The fourth-order valence-corrected chi connectivity index (χ4v) is 5.09. The largest absolute Gasteiger partial charge is 0.444 e. The first-order valence-corrected chi connectivity index (χ1v) is 12.4. The normalized spacial score (nSPS) is 16.1. The minimum absolute atomic E-state index is 0.138. The number of fused-ring (bicyclic) bond motifs is 1. The Bertz CT molecular complexity index is 1330. The smallest absolute Gasteiger partial charge is 0.407 e. The first kappa shape index (κ1) is 24.5. The molecule has 9 nitrogen and oxygen atoms in total. The van der Waals surface area contributed by atoms with E-state index in [0.717, 1.165) is 23.4 Å². The Hall–Kier alpha value is -3.58. The van der Waals surface area contributed by atoms with Crippen molar-refractivity contribution in [2.24, 2.45) is 0 Å². The van der Waals surface area contributed by atoms with E-state index in [4.69, 9.17) is 9.72 Å². The fraction of sp³-hybridized carbons (Fsp3) is 0.440. The van der Waals surface area contributed by atoms with Gasteiger partial charge in [0.2, 0.25) is 5.95 Å². The molecule has 1 amide bonds. The van der Waals surface area contributed by atoms with Gasteiger partial charge in [0.05, 0.1) is 28.7 Å². The lowest BCUT2D eigenvalue weighted by atomic mass is 10.1. The van der Waals surface area contributed by atoms with Crippen molar-refractivity contribution >= 4 is 38.6 Å². The summed E-state index contributed by atoms with van der Waals surface area (Å²) in [5.41, 5.74) is 1.18. The lowest BCUT2D eigenvalue weighted by molar-refractivity contribution is 0.0499. The van der Waals surface area contributed by atoms with E-state index in [1.165, 1.54) is 11.3 Å². The van der Waals surface area contributed by atoms with Crippen molar-refractivity contribution in [1.29, 1.82) is 5.26 Å². The molecule has 35 heavy (non-hydrogen) atoms. The van der Waals surface area contributed by atoms with E-state index in [2.05, 4.69) is 16.7 Å². The minimum Gasteiger partial charge on any atom is -0.444 e. The molecule has 1 aliphatic rings. The molecule has 4 rings (SSSR count). The van der Waals surface area contributed by atoms with Crippen LogP contribution in [-0.2, 0) is 11.3 Å². The molecule has 1 aromatic carbocycles. The zero-order chi connectivity index (χ0) is 25.2. The van der Waals surface area contributed by atoms with Gasteiger partial charge in [0, 0.05) is 26.2 Å². The zero-order valence-electron chi connectivity index (χ0n) is 20.4. The highest BCUT2D eigenvalue weighted by molar-refractivity contribution is 7.22. The van der Waals surface area contributed by atoms with Gasteiger partial charge in [0.15, 0.2) is 0 Å². The third kappa shape index (κ3) is 5.57. The highest BCUT2D eigenvalue weighted by atomic mass is 32.1. The standard InChI is InChI=1S/C25H30N6O3S/c1-25(2,3)34-24(33)28-18-10-7-11-30(15-18)23-29-19-12-20(27-4)35-21(19)22(32)31(23)14-17-9-6-5-8-16(17)13-26/h5-6,8-9,12,18,27H,7,10-11,14-15H2,1-4H3,(H,28,33)/t18-/m1/s1. The van der Waals surface area contributed by atoms with Gasteiger partial charge in [0.1, 0.15) is 10.3 Å². The number of hydrogen-bond acceptors (Lipinski definition) is 8. The molecule has 0 aliphatic carbocycles. The van der Waals surface area contributed by atoms with Crippen molar-refractivity contribution < 1.29 is 9.53 Å². The van der Waals surface area contributed by atoms with Gasteiger partial charge in [0.25, 0.3) is 5.56 Å². The number of benzene rings is 1. The highest BCUT2D eigenvalue weighted by Gasteiger charge is 2.27. The number of thiophene rings is 1. The number of carbonyl (C=O) groups excluding carboxylic acids is 1. The lowest BCUT2D eigenvalue weighted by Gasteiger charge is -2.35. The van der Waals surface area contributed by atoms with Crippen molar-refractivity contribution in [2.75, 3.05) is 30.4 Å². The van der Waals surface area contributed by atoms with Crippen LogP contribution in [0.15, 0.2) is 35.1 Å². The molecule has 3 aromatic rings. The molecule has 0 saturated carbocycles. The summed E-state index contributed by atoms with van der Waals surface area (Å²) in [5.74, 6) is 0.534. The van der Waals surface area contributed by atoms with Gasteiger partial charge in [-0.2, -0.15) is 5.26 Å². The molecule has 3 heterocycles. The third-order valence-corrected chi connectivity index (χ3v) is 6.88. The van der Waals surface area contributed by atoms with Gasteiger partial charge >= 0.3 is 6.09 Å². The van der Waals surface area contributed by atoms with E-state index in [-0.39, 0.29) is 18.1 Å². The summed E-state index contributed by atoms with van der Waals surface area (Å²) in [4.78, 5) is 32.9. The van der Waals surface area contributed by atoms with Crippen LogP contribution in [0.1, 0.15) is 44.7 Å². The molecule has 10 heteroatoms. The Morgan fingerprint density at radius 2 is 2.11 bits per heavy atom. The highest BCUT2D eigenvalue weighted by Crippen LogP contribution is 2.29. The number of ether oxygens (including phenoxy) is 1. The van der Waals surface area contributed by atoms with Crippen molar-refractivity contribution in [3.05, 3.63) is 51.8 Å². The minimum atomic E-state index is -0.580. The monoisotopic (exact) mass is 494 g/mol. The number of nitriles is 1. The average molecular weight is 495 g/mol. The second kappa shape index (κ2) is 9.96. The van der Waals surface area contributed by atoms with Crippen LogP contribution in [0.5, 0.6) is 0 Å². The number of nitrogens with one attached hydrogen (secondary N) is 2. The summed E-state index contributed by atoms with van der Waals surface area (Å²) in [5, 5.41) is 16.5. The first-order chi connectivity index (χ1) is 16.7. The summed E-state index contributed by atoms with van der Waals surface area (Å²) in [6.45, 7) is 6.92. The fourth-order valence-electron chi connectivity index (χ4n) is 4.19. The molecule has 1 saturated heterocycles. The molecule has 1 atom stereocenters. The SMILES string of the molecule is CNc1cc2nc(N3CCC[C@@H](NC(=O)OC(C)(C)C)C3)n(Cc3ccccc3C#N)c(=O)c2s1. The van der Waals surface area contributed by atoms with E-state index in [0.29, 0.717) is 34.8 Å². The predicted octanol–water partition coefficient (Wildman–Crippen LogP) is 3.91. The Labute approximate surface area is 208 Å². The molecular formula is C25H30N6O3S. The number of nitrogens with zero attached hydrogens (tertiary/aromatic N) is 4. The number of piperidine rings is 1.